The molecule has 4 nitrogen and oxygen atoms in total. The smallest absolute Gasteiger partial charge is 0.290 e. The number of amides is 1. The molecule has 4 rings (SSSR count). The van der Waals surface area contributed by atoms with Crippen LogP contribution in [0.1, 0.15) is 47.1 Å². The van der Waals surface area contributed by atoms with Crippen molar-refractivity contribution >= 4 is 16.9 Å². The maximum atomic E-state index is 13.2. The second kappa shape index (κ2) is 5.96. The van der Waals surface area contributed by atoms with Gasteiger partial charge in [-0.2, -0.15) is 0 Å². The van der Waals surface area contributed by atoms with Crippen LogP contribution in [0.15, 0.2) is 46.9 Å². The molecule has 2 heterocycles. The Morgan fingerprint density at radius 1 is 1.28 bits per heavy atom. The Bertz CT molecular complexity index is 957. The van der Waals surface area contributed by atoms with Crippen molar-refractivity contribution in [3.05, 3.63) is 64.9 Å². The molecule has 4 heteroatoms. The van der Waals surface area contributed by atoms with Crippen molar-refractivity contribution in [2.45, 2.75) is 32.7 Å². The van der Waals surface area contributed by atoms with Gasteiger partial charge in [-0.1, -0.05) is 31.2 Å². The number of furan rings is 1. The zero-order valence-corrected chi connectivity index (χ0v) is 14.5. The third-order valence-electron chi connectivity index (χ3n) is 5.17. The lowest BCUT2D eigenvalue weighted by Gasteiger charge is -2.35. The number of phenols is 1. The molecule has 2 aromatic carbocycles. The van der Waals surface area contributed by atoms with Crippen LogP contribution >= 0.6 is 0 Å². The first kappa shape index (κ1) is 15.8. The van der Waals surface area contributed by atoms with E-state index >= 15 is 0 Å². The molecule has 0 spiro atoms. The molecule has 1 unspecified atom stereocenters. The predicted octanol–water partition coefficient (Wildman–Crippen LogP) is 4.46. The van der Waals surface area contributed by atoms with Crippen molar-refractivity contribution in [2.24, 2.45) is 0 Å². The number of hydrogen-bond acceptors (Lipinski definition) is 3. The first-order valence-corrected chi connectivity index (χ1v) is 8.73. The highest BCUT2D eigenvalue weighted by Crippen LogP contribution is 2.34. The van der Waals surface area contributed by atoms with E-state index in [1.54, 1.807) is 12.1 Å². The van der Waals surface area contributed by atoms with Gasteiger partial charge in [-0.25, -0.2) is 0 Å². The zero-order valence-electron chi connectivity index (χ0n) is 14.5. The molecular formula is C21H21NO3. The number of phenolic OH excluding ortho intramolecular Hbond substituents is 1. The minimum atomic E-state index is -0.0562. The van der Waals surface area contributed by atoms with Crippen LogP contribution in [0.2, 0.25) is 0 Å². The van der Waals surface area contributed by atoms with Crippen LogP contribution in [0.25, 0.3) is 11.0 Å². The highest BCUT2D eigenvalue weighted by Gasteiger charge is 2.31. The molecule has 0 aliphatic carbocycles. The van der Waals surface area contributed by atoms with Gasteiger partial charge in [0.15, 0.2) is 5.76 Å². The van der Waals surface area contributed by atoms with Crippen LogP contribution in [0, 0.1) is 0 Å². The average molecular weight is 335 g/mol. The van der Waals surface area contributed by atoms with E-state index in [9.17, 15) is 9.90 Å². The Morgan fingerprint density at radius 2 is 2.08 bits per heavy atom. The van der Waals surface area contributed by atoms with Gasteiger partial charge >= 0.3 is 0 Å². The first-order valence-electron chi connectivity index (χ1n) is 8.73. The van der Waals surface area contributed by atoms with Gasteiger partial charge < -0.3 is 14.4 Å². The summed E-state index contributed by atoms with van der Waals surface area (Å²) in [7, 11) is 0. The summed E-state index contributed by atoms with van der Waals surface area (Å²) < 4.78 is 5.93. The molecule has 1 N–H and O–H groups in total. The summed E-state index contributed by atoms with van der Waals surface area (Å²) in [6.07, 6.45) is 1.49. The minimum Gasteiger partial charge on any atom is -0.508 e. The van der Waals surface area contributed by atoms with Gasteiger partial charge in [0.05, 0.1) is 6.04 Å². The van der Waals surface area contributed by atoms with Crippen molar-refractivity contribution in [1.29, 1.82) is 0 Å². The largest absolute Gasteiger partial charge is 0.508 e. The van der Waals surface area contributed by atoms with Gasteiger partial charge in [-0.3, -0.25) is 4.79 Å². The standard InChI is InChI=1S/C21H21NO3/c1-3-16-18-6-4-5-7-19(18)25-20(16)21(24)22-11-10-14-12-15(23)8-9-17(14)13(22)2/h4-9,12-13,23H,3,10-11H2,1-2H3. The lowest BCUT2D eigenvalue weighted by molar-refractivity contribution is 0.0646. The van der Waals surface area contributed by atoms with Crippen molar-refractivity contribution in [3.8, 4) is 5.75 Å². The molecule has 0 saturated carbocycles. The second-order valence-corrected chi connectivity index (χ2v) is 6.57. The van der Waals surface area contributed by atoms with E-state index < -0.39 is 0 Å². The summed E-state index contributed by atoms with van der Waals surface area (Å²) in [6, 6.07) is 13.1. The van der Waals surface area contributed by atoms with E-state index in [0.29, 0.717) is 12.3 Å². The van der Waals surface area contributed by atoms with Gasteiger partial charge in [0, 0.05) is 17.5 Å². The van der Waals surface area contributed by atoms with Gasteiger partial charge in [-0.15, -0.1) is 0 Å². The highest BCUT2D eigenvalue weighted by molar-refractivity contribution is 5.99. The first-order chi connectivity index (χ1) is 12.1. The maximum absolute atomic E-state index is 13.2. The maximum Gasteiger partial charge on any atom is 0.290 e. The van der Waals surface area contributed by atoms with Gasteiger partial charge in [0.1, 0.15) is 11.3 Å². The van der Waals surface area contributed by atoms with E-state index in [1.165, 1.54) is 0 Å². The van der Waals surface area contributed by atoms with Gasteiger partial charge in [0.2, 0.25) is 0 Å². The summed E-state index contributed by atoms with van der Waals surface area (Å²) in [5.41, 5.74) is 3.94. The molecule has 3 aromatic rings. The van der Waals surface area contributed by atoms with Crippen LogP contribution in [-0.2, 0) is 12.8 Å². The third kappa shape index (κ3) is 2.49. The van der Waals surface area contributed by atoms with E-state index in [-0.39, 0.29) is 17.7 Å². The average Bonchev–Trinajstić information content (AvgIpc) is 3.00. The predicted molar refractivity (Wildman–Crippen MR) is 96.9 cm³/mol. The van der Waals surface area contributed by atoms with Crippen LogP contribution in [0.5, 0.6) is 5.75 Å². The fraction of sp³-hybridized carbons (Fsp3) is 0.286. The summed E-state index contributed by atoms with van der Waals surface area (Å²) in [4.78, 5) is 15.1. The minimum absolute atomic E-state index is 0.0465. The van der Waals surface area contributed by atoms with Crippen molar-refractivity contribution in [1.82, 2.24) is 4.90 Å². The number of rotatable bonds is 2. The topological polar surface area (TPSA) is 53.7 Å². The SMILES string of the molecule is CCc1c(C(=O)N2CCc3cc(O)ccc3C2C)oc2ccccc12. The van der Waals surface area contributed by atoms with Gasteiger partial charge in [-0.05, 0) is 49.1 Å². The molecule has 0 saturated heterocycles. The summed E-state index contributed by atoms with van der Waals surface area (Å²) in [5.74, 6) is 0.674. The Hall–Kier alpha value is -2.75. The van der Waals surface area contributed by atoms with E-state index in [4.69, 9.17) is 4.42 Å². The number of nitrogens with zero attached hydrogens (tertiary/aromatic N) is 1. The number of benzene rings is 2. The van der Waals surface area contributed by atoms with E-state index in [0.717, 1.165) is 40.5 Å². The van der Waals surface area contributed by atoms with Crippen LogP contribution in [0.3, 0.4) is 0 Å². The normalized spacial score (nSPS) is 16.9. The Labute approximate surface area is 146 Å². The van der Waals surface area contributed by atoms with Crippen molar-refractivity contribution in [2.75, 3.05) is 6.54 Å². The summed E-state index contributed by atoms with van der Waals surface area (Å²) in [5, 5.41) is 10.7. The number of aromatic hydroxyl groups is 1. The fourth-order valence-electron chi connectivity index (χ4n) is 3.85. The molecule has 128 valence electrons. The molecule has 1 aliphatic rings. The van der Waals surface area contributed by atoms with Gasteiger partial charge in [0.25, 0.3) is 5.91 Å². The number of para-hydroxylation sites is 1. The third-order valence-corrected chi connectivity index (χ3v) is 5.17. The van der Waals surface area contributed by atoms with Crippen LogP contribution in [-0.4, -0.2) is 22.5 Å². The van der Waals surface area contributed by atoms with Crippen molar-refractivity contribution in [3.63, 3.8) is 0 Å². The monoisotopic (exact) mass is 335 g/mol. The highest BCUT2D eigenvalue weighted by atomic mass is 16.3. The summed E-state index contributed by atoms with van der Waals surface area (Å²) >= 11 is 0. The zero-order chi connectivity index (χ0) is 17.6. The van der Waals surface area contributed by atoms with E-state index in [1.807, 2.05) is 49.1 Å². The Balaban J connectivity index is 1.73. The lowest BCUT2D eigenvalue weighted by Crippen LogP contribution is -2.39. The number of carbonyl (C=O) groups is 1. The van der Waals surface area contributed by atoms with Crippen LogP contribution < -0.4 is 0 Å². The molecule has 0 radical (unpaired) electrons. The molecular weight excluding hydrogens is 314 g/mol. The van der Waals surface area contributed by atoms with E-state index in [2.05, 4.69) is 0 Å². The quantitative estimate of drug-likeness (QED) is 0.752. The number of hydrogen-bond donors (Lipinski definition) is 1. The Morgan fingerprint density at radius 3 is 2.88 bits per heavy atom. The molecule has 1 atom stereocenters. The number of fused-ring (bicyclic) bond motifs is 2. The summed E-state index contributed by atoms with van der Waals surface area (Å²) in [6.45, 7) is 4.70. The Kier molecular flexibility index (Phi) is 3.75. The molecule has 0 fully saturated rings. The number of carbonyl (C=O) groups excluding carboxylic acids is 1. The molecule has 1 aromatic heterocycles. The molecule has 1 amide bonds. The van der Waals surface area contributed by atoms with Crippen LogP contribution in [0.4, 0.5) is 0 Å². The molecule has 0 bridgehead atoms. The lowest BCUT2D eigenvalue weighted by atomic mass is 9.93. The fourth-order valence-corrected chi connectivity index (χ4v) is 3.85. The number of aryl methyl sites for hydroxylation is 1. The second-order valence-electron chi connectivity index (χ2n) is 6.57. The molecule has 1 aliphatic heterocycles. The molecule has 25 heavy (non-hydrogen) atoms. The van der Waals surface area contributed by atoms with Crippen molar-refractivity contribution < 1.29 is 14.3 Å².